The van der Waals surface area contributed by atoms with Crippen LogP contribution in [0.5, 0.6) is 11.5 Å². The van der Waals surface area contributed by atoms with Gasteiger partial charge in [-0.3, -0.25) is 4.79 Å². The number of para-hydroxylation sites is 2. The highest BCUT2D eigenvalue weighted by molar-refractivity contribution is 7.10. The van der Waals surface area contributed by atoms with Crippen LogP contribution in [0, 0.1) is 0 Å². The number of hydrogen-bond acceptors (Lipinski definition) is 4. The smallest absolute Gasteiger partial charge is 0.267 e. The number of amides is 1. The molecule has 108 valence electrons. The van der Waals surface area contributed by atoms with Gasteiger partial charge in [-0.05, 0) is 35.6 Å². The van der Waals surface area contributed by atoms with Crippen molar-refractivity contribution in [1.82, 2.24) is 4.90 Å². The first-order valence-electron chi connectivity index (χ1n) is 7.04. The summed E-state index contributed by atoms with van der Waals surface area (Å²) in [5, 5.41) is 2.09. The minimum Gasteiger partial charge on any atom is -0.485 e. The lowest BCUT2D eigenvalue weighted by molar-refractivity contribution is -0.142. The minimum atomic E-state index is -0.542. The lowest BCUT2D eigenvalue weighted by atomic mass is 10.1. The van der Waals surface area contributed by atoms with Crippen molar-refractivity contribution in [2.45, 2.75) is 19.1 Å². The van der Waals surface area contributed by atoms with Gasteiger partial charge in [-0.2, -0.15) is 0 Å². The molecule has 4 rings (SSSR count). The van der Waals surface area contributed by atoms with Gasteiger partial charge in [-0.15, -0.1) is 11.3 Å². The summed E-state index contributed by atoms with van der Waals surface area (Å²) in [7, 11) is 0. The lowest BCUT2D eigenvalue weighted by Gasteiger charge is -2.32. The van der Waals surface area contributed by atoms with Crippen molar-refractivity contribution in [1.29, 1.82) is 0 Å². The summed E-state index contributed by atoms with van der Waals surface area (Å²) in [6.45, 7) is 1.72. The van der Waals surface area contributed by atoms with Crippen LogP contribution in [0.25, 0.3) is 0 Å². The van der Waals surface area contributed by atoms with Crippen LogP contribution in [0.15, 0.2) is 35.7 Å². The Morgan fingerprint density at radius 2 is 2.10 bits per heavy atom. The van der Waals surface area contributed by atoms with Crippen LogP contribution in [-0.2, 0) is 17.8 Å². The van der Waals surface area contributed by atoms with Crippen LogP contribution >= 0.6 is 11.3 Å². The van der Waals surface area contributed by atoms with Crippen molar-refractivity contribution in [3.63, 3.8) is 0 Å². The summed E-state index contributed by atoms with van der Waals surface area (Å²) in [5.74, 6) is 1.37. The third kappa shape index (κ3) is 2.27. The van der Waals surface area contributed by atoms with Gasteiger partial charge >= 0.3 is 0 Å². The molecule has 1 aromatic carbocycles. The Morgan fingerprint density at radius 3 is 3.00 bits per heavy atom. The zero-order valence-corrected chi connectivity index (χ0v) is 12.3. The maximum Gasteiger partial charge on any atom is 0.267 e. The Morgan fingerprint density at radius 1 is 1.24 bits per heavy atom. The van der Waals surface area contributed by atoms with E-state index < -0.39 is 6.10 Å². The highest BCUT2D eigenvalue weighted by Gasteiger charge is 2.32. The number of nitrogens with zero attached hydrogens (tertiary/aromatic N) is 1. The van der Waals surface area contributed by atoms with Gasteiger partial charge in [0.1, 0.15) is 6.61 Å². The van der Waals surface area contributed by atoms with E-state index in [1.807, 2.05) is 29.2 Å². The van der Waals surface area contributed by atoms with E-state index in [2.05, 4.69) is 11.4 Å². The molecular weight excluding hydrogens is 286 g/mol. The lowest BCUT2D eigenvalue weighted by Crippen LogP contribution is -2.47. The van der Waals surface area contributed by atoms with Gasteiger partial charge in [0.2, 0.25) is 6.10 Å². The highest BCUT2D eigenvalue weighted by atomic mass is 32.1. The third-order valence-electron chi connectivity index (χ3n) is 3.90. The number of thiophene rings is 1. The Balaban J connectivity index is 1.49. The van der Waals surface area contributed by atoms with Crippen LogP contribution in [0.1, 0.15) is 10.4 Å². The fraction of sp³-hybridized carbons (Fsp3) is 0.312. The number of benzene rings is 1. The number of fused-ring (bicyclic) bond motifs is 2. The van der Waals surface area contributed by atoms with Gasteiger partial charge in [-0.25, -0.2) is 0 Å². The van der Waals surface area contributed by atoms with Crippen LogP contribution in [-0.4, -0.2) is 30.1 Å². The predicted molar refractivity (Wildman–Crippen MR) is 79.8 cm³/mol. The summed E-state index contributed by atoms with van der Waals surface area (Å²) in [6, 6.07) is 9.57. The van der Waals surface area contributed by atoms with E-state index in [4.69, 9.17) is 9.47 Å². The molecule has 0 spiro atoms. The van der Waals surface area contributed by atoms with E-state index in [0.717, 1.165) is 13.0 Å². The van der Waals surface area contributed by atoms with Gasteiger partial charge in [0.25, 0.3) is 5.91 Å². The van der Waals surface area contributed by atoms with Crippen molar-refractivity contribution >= 4 is 17.2 Å². The zero-order valence-electron chi connectivity index (χ0n) is 11.5. The molecule has 21 heavy (non-hydrogen) atoms. The standard InChI is InChI=1S/C16H15NO3S/c18-16(17-7-5-15-11(9-17)6-8-21-15)14-10-19-12-3-1-2-4-13(12)20-14/h1-4,6,8,14H,5,7,9-10H2. The van der Waals surface area contributed by atoms with Crippen molar-refractivity contribution < 1.29 is 14.3 Å². The van der Waals surface area contributed by atoms with Gasteiger partial charge in [0.05, 0.1) is 0 Å². The van der Waals surface area contributed by atoms with Gasteiger partial charge in [0, 0.05) is 18.0 Å². The molecule has 0 aliphatic carbocycles. The molecule has 0 saturated carbocycles. The van der Waals surface area contributed by atoms with Crippen LogP contribution in [0.3, 0.4) is 0 Å². The molecule has 0 fully saturated rings. The SMILES string of the molecule is O=C(C1COc2ccccc2O1)N1CCc2sccc2C1. The average molecular weight is 301 g/mol. The Kier molecular flexibility index (Phi) is 3.07. The van der Waals surface area contributed by atoms with Gasteiger partial charge in [-0.1, -0.05) is 12.1 Å². The van der Waals surface area contributed by atoms with Crippen LogP contribution < -0.4 is 9.47 Å². The molecule has 0 bridgehead atoms. The van der Waals surface area contributed by atoms with Crippen LogP contribution in [0.2, 0.25) is 0 Å². The molecule has 1 amide bonds. The summed E-state index contributed by atoms with van der Waals surface area (Å²) in [6.07, 6.45) is 0.392. The molecule has 2 aliphatic rings. The molecule has 2 aliphatic heterocycles. The molecule has 0 N–H and O–H groups in total. The third-order valence-corrected chi connectivity index (χ3v) is 4.93. The predicted octanol–water partition coefficient (Wildman–Crippen LogP) is 2.47. The average Bonchev–Trinajstić information content (AvgIpc) is 3.01. The normalized spacial score (nSPS) is 20.0. The summed E-state index contributed by atoms with van der Waals surface area (Å²) >= 11 is 1.77. The van der Waals surface area contributed by atoms with E-state index >= 15 is 0 Å². The summed E-state index contributed by atoms with van der Waals surface area (Å²) in [4.78, 5) is 15.9. The van der Waals surface area contributed by atoms with E-state index in [1.165, 1.54) is 10.4 Å². The monoisotopic (exact) mass is 301 g/mol. The Hall–Kier alpha value is -2.01. The van der Waals surface area contributed by atoms with E-state index in [1.54, 1.807) is 11.3 Å². The van der Waals surface area contributed by atoms with Gasteiger partial charge < -0.3 is 14.4 Å². The fourth-order valence-corrected chi connectivity index (χ4v) is 3.67. The van der Waals surface area contributed by atoms with Crippen molar-refractivity contribution in [3.05, 3.63) is 46.2 Å². The first-order chi connectivity index (χ1) is 10.3. The number of carbonyl (C=O) groups excluding carboxylic acids is 1. The molecule has 1 aromatic heterocycles. The molecule has 2 aromatic rings. The zero-order chi connectivity index (χ0) is 14.2. The van der Waals surface area contributed by atoms with Crippen LogP contribution in [0.4, 0.5) is 0 Å². The topological polar surface area (TPSA) is 38.8 Å². The first kappa shape index (κ1) is 12.7. The van der Waals surface area contributed by atoms with Gasteiger partial charge in [0.15, 0.2) is 11.5 Å². The summed E-state index contributed by atoms with van der Waals surface area (Å²) < 4.78 is 11.4. The number of rotatable bonds is 1. The molecule has 4 nitrogen and oxygen atoms in total. The van der Waals surface area contributed by atoms with Crippen molar-refractivity contribution in [2.24, 2.45) is 0 Å². The molecule has 0 saturated heterocycles. The molecule has 3 heterocycles. The second-order valence-corrected chi connectivity index (χ2v) is 6.24. The number of hydrogen-bond donors (Lipinski definition) is 0. The first-order valence-corrected chi connectivity index (χ1v) is 7.92. The fourth-order valence-electron chi connectivity index (χ4n) is 2.78. The molecule has 1 unspecified atom stereocenters. The second kappa shape index (κ2) is 5.07. The maximum absolute atomic E-state index is 12.6. The largest absolute Gasteiger partial charge is 0.485 e. The van der Waals surface area contributed by atoms with Crippen molar-refractivity contribution in [2.75, 3.05) is 13.2 Å². The summed E-state index contributed by atoms with van der Waals surface area (Å²) in [5.41, 5.74) is 1.26. The molecule has 5 heteroatoms. The number of carbonyl (C=O) groups is 1. The van der Waals surface area contributed by atoms with E-state index in [0.29, 0.717) is 18.0 Å². The van der Waals surface area contributed by atoms with E-state index in [9.17, 15) is 4.79 Å². The molecule has 0 radical (unpaired) electrons. The van der Waals surface area contributed by atoms with E-state index in [-0.39, 0.29) is 12.5 Å². The molecule has 1 atom stereocenters. The minimum absolute atomic E-state index is 0.0151. The Bertz CT molecular complexity index is 682. The van der Waals surface area contributed by atoms with Crippen molar-refractivity contribution in [3.8, 4) is 11.5 Å². The molecular formula is C16H15NO3S. The number of ether oxygens (including phenoxy) is 2. The quantitative estimate of drug-likeness (QED) is 0.812. The maximum atomic E-state index is 12.6. The highest BCUT2D eigenvalue weighted by Crippen LogP contribution is 2.32. The second-order valence-electron chi connectivity index (χ2n) is 5.24. The Labute approximate surface area is 126 Å².